The minimum absolute atomic E-state index is 0.0337. The van der Waals surface area contributed by atoms with Gasteiger partial charge in [-0.1, -0.05) is 20.3 Å². The second-order valence-corrected chi connectivity index (χ2v) is 6.23. The molecule has 3 nitrogen and oxygen atoms in total. The van der Waals surface area contributed by atoms with Gasteiger partial charge in [0.25, 0.3) is 0 Å². The fraction of sp³-hybridized carbons (Fsp3) is 0.632. The van der Waals surface area contributed by atoms with Crippen molar-refractivity contribution in [2.45, 2.75) is 59.5 Å². The number of rotatable bonds is 11. The van der Waals surface area contributed by atoms with Crippen molar-refractivity contribution in [2.75, 3.05) is 13.2 Å². The molecule has 0 saturated carbocycles. The first kappa shape index (κ1) is 18.7. The molecule has 0 spiro atoms. The van der Waals surface area contributed by atoms with Gasteiger partial charge in [-0.15, -0.1) is 0 Å². The van der Waals surface area contributed by atoms with Crippen LogP contribution in [0.25, 0.3) is 0 Å². The second-order valence-electron chi connectivity index (χ2n) is 6.23. The largest absolute Gasteiger partial charge is 0.494 e. The molecular formula is C19H30O3. The van der Waals surface area contributed by atoms with Crippen LogP contribution in [0.15, 0.2) is 24.3 Å². The summed E-state index contributed by atoms with van der Waals surface area (Å²) in [6, 6.07) is 7.46. The van der Waals surface area contributed by atoms with Crippen molar-refractivity contribution in [2.24, 2.45) is 5.92 Å². The zero-order chi connectivity index (χ0) is 16.4. The molecule has 0 heterocycles. The standard InChI is InChI=1S/C19H30O3/c1-15(2)19(20)17-9-11-18(12-10-17)22-14-8-6-5-7-13-21-16(3)4/h9-12,15-16H,5-8,13-14H2,1-4H3. The third kappa shape index (κ3) is 7.60. The zero-order valence-electron chi connectivity index (χ0n) is 14.4. The molecule has 0 atom stereocenters. The van der Waals surface area contributed by atoms with E-state index in [4.69, 9.17) is 9.47 Å². The van der Waals surface area contributed by atoms with Gasteiger partial charge < -0.3 is 9.47 Å². The van der Waals surface area contributed by atoms with Crippen molar-refractivity contribution in [3.63, 3.8) is 0 Å². The van der Waals surface area contributed by atoms with Gasteiger partial charge >= 0.3 is 0 Å². The molecule has 0 unspecified atom stereocenters. The lowest BCUT2D eigenvalue weighted by molar-refractivity contribution is 0.0755. The average Bonchev–Trinajstić information content (AvgIpc) is 2.49. The van der Waals surface area contributed by atoms with Crippen molar-refractivity contribution in [3.8, 4) is 5.75 Å². The van der Waals surface area contributed by atoms with Crippen LogP contribution in [-0.4, -0.2) is 25.1 Å². The van der Waals surface area contributed by atoms with E-state index in [2.05, 4.69) is 13.8 Å². The normalized spacial score (nSPS) is 11.2. The molecule has 0 fully saturated rings. The molecule has 124 valence electrons. The molecule has 1 rings (SSSR count). The molecule has 0 aromatic heterocycles. The van der Waals surface area contributed by atoms with Crippen LogP contribution in [0.5, 0.6) is 5.75 Å². The number of carbonyl (C=O) groups is 1. The van der Waals surface area contributed by atoms with Crippen LogP contribution in [0.4, 0.5) is 0 Å². The summed E-state index contributed by atoms with van der Waals surface area (Å²) in [4.78, 5) is 11.8. The van der Waals surface area contributed by atoms with Crippen LogP contribution in [0.2, 0.25) is 0 Å². The third-order valence-electron chi connectivity index (χ3n) is 3.42. The Morgan fingerprint density at radius 1 is 0.909 bits per heavy atom. The topological polar surface area (TPSA) is 35.5 Å². The maximum atomic E-state index is 11.8. The van der Waals surface area contributed by atoms with E-state index in [1.54, 1.807) is 0 Å². The Balaban J connectivity index is 2.14. The minimum atomic E-state index is 0.0337. The predicted octanol–water partition coefficient (Wildman–Crippen LogP) is 4.89. The predicted molar refractivity (Wildman–Crippen MR) is 90.7 cm³/mol. The molecule has 0 N–H and O–H groups in total. The zero-order valence-corrected chi connectivity index (χ0v) is 14.4. The summed E-state index contributed by atoms with van der Waals surface area (Å²) in [7, 11) is 0. The number of carbonyl (C=O) groups excluding carboxylic acids is 1. The fourth-order valence-electron chi connectivity index (χ4n) is 2.12. The van der Waals surface area contributed by atoms with Gasteiger partial charge in [-0.05, 0) is 57.4 Å². The Hall–Kier alpha value is -1.35. The number of hydrogen-bond acceptors (Lipinski definition) is 3. The summed E-state index contributed by atoms with van der Waals surface area (Å²) in [6.45, 7) is 9.53. The summed E-state index contributed by atoms with van der Waals surface area (Å²) in [5.74, 6) is 1.05. The van der Waals surface area contributed by atoms with E-state index < -0.39 is 0 Å². The molecule has 22 heavy (non-hydrogen) atoms. The van der Waals surface area contributed by atoms with Gasteiger partial charge in [0.1, 0.15) is 5.75 Å². The van der Waals surface area contributed by atoms with E-state index in [1.807, 2.05) is 38.1 Å². The summed E-state index contributed by atoms with van der Waals surface area (Å²) in [5.41, 5.74) is 0.757. The van der Waals surface area contributed by atoms with Gasteiger partial charge in [-0.2, -0.15) is 0 Å². The Kier molecular flexibility index (Phi) is 8.83. The van der Waals surface area contributed by atoms with Crippen molar-refractivity contribution in [1.82, 2.24) is 0 Å². The van der Waals surface area contributed by atoms with Crippen LogP contribution < -0.4 is 4.74 Å². The Labute approximate surface area is 135 Å². The maximum absolute atomic E-state index is 11.8. The molecule has 0 aliphatic carbocycles. The van der Waals surface area contributed by atoms with E-state index in [9.17, 15) is 4.79 Å². The van der Waals surface area contributed by atoms with Gasteiger partial charge in [0.05, 0.1) is 12.7 Å². The van der Waals surface area contributed by atoms with Gasteiger partial charge in [-0.25, -0.2) is 0 Å². The molecule has 0 saturated heterocycles. The summed E-state index contributed by atoms with van der Waals surface area (Å²) in [5, 5.41) is 0. The highest BCUT2D eigenvalue weighted by atomic mass is 16.5. The Morgan fingerprint density at radius 2 is 1.50 bits per heavy atom. The van der Waals surface area contributed by atoms with Gasteiger partial charge in [0, 0.05) is 18.1 Å². The number of benzene rings is 1. The smallest absolute Gasteiger partial charge is 0.165 e. The molecule has 0 bridgehead atoms. The van der Waals surface area contributed by atoms with Gasteiger partial charge in [0.15, 0.2) is 5.78 Å². The number of hydrogen-bond donors (Lipinski definition) is 0. The van der Waals surface area contributed by atoms with Crippen molar-refractivity contribution >= 4 is 5.78 Å². The third-order valence-corrected chi connectivity index (χ3v) is 3.42. The lowest BCUT2D eigenvalue weighted by Gasteiger charge is -2.09. The van der Waals surface area contributed by atoms with Crippen LogP contribution in [0.3, 0.4) is 0 Å². The van der Waals surface area contributed by atoms with Crippen molar-refractivity contribution in [3.05, 3.63) is 29.8 Å². The molecule has 1 aromatic rings. The number of ether oxygens (including phenoxy) is 2. The Bertz CT molecular complexity index is 421. The lowest BCUT2D eigenvalue weighted by Crippen LogP contribution is -2.07. The molecule has 0 amide bonds. The number of ketones is 1. The highest BCUT2D eigenvalue weighted by Gasteiger charge is 2.09. The molecule has 1 aromatic carbocycles. The number of unbranched alkanes of at least 4 members (excludes halogenated alkanes) is 3. The molecule has 0 aliphatic heterocycles. The van der Waals surface area contributed by atoms with E-state index in [-0.39, 0.29) is 11.7 Å². The summed E-state index contributed by atoms with van der Waals surface area (Å²) >= 11 is 0. The van der Waals surface area contributed by atoms with Crippen molar-refractivity contribution in [1.29, 1.82) is 0 Å². The van der Waals surface area contributed by atoms with E-state index in [0.717, 1.165) is 43.8 Å². The second kappa shape index (κ2) is 10.4. The first-order chi connectivity index (χ1) is 10.5. The van der Waals surface area contributed by atoms with Crippen LogP contribution in [0.1, 0.15) is 63.7 Å². The molecule has 3 heteroatoms. The van der Waals surface area contributed by atoms with Gasteiger partial charge in [-0.3, -0.25) is 4.79 Å². The van der Waals surface area contributed by atoms with E-state index in [0.29, 0.717) is 6.10 Å². The number of Topliss-reactive ketones (excluding diaryl/α,β-unsaturated/α-hetero) is 1. The summed E-state index contributed by atoms with van der Waals surface area (Å²) in [6.07, 6.45) is 4.83. The Morgan fingerprint density at radius 3 is 2.05 bits per heavy atom. The van der Waals surface area contributed by atoms with E-state index >= 15 is 0 Å². The quantitative estimate of drug-likeness (QED) is 0.431. The molecule has 0 aliphatic rings. The van der Waals surface area contributed by atoms with Crippen LogP contribution >= 0.6 is 0 Å². The van der Waals surface area contributed by atoms with E-state index in [1.165, 1.54) is 6.42 Å². The van der Waals surface area contributed by atoms with Crippen molar-refractivity contribution < 1.29 is 14.3 Å². The first-order valence-electron chi connectivity index (χ1n) is 8.39. The molecule has 0 radical (unpaired) electrons. The SMILES string of the molecule is CC(C)OCCCCCCOc1ccc(C(=O)C(C)C)cc1. The van der Waals surface area contributed by atoms with Crippen LogP contribution in [-0.2, 0) is 4.74 Å². The highest BCUT2D eigenvalue weighted by Crippen LogP contribution is 2.15. The summed E-state index contributed by atoms with van der Waals surface area (Å²) < 4.78 is 11.2. The first-order valence-corrected chi connectivity index (χ1v) is 8.39. The molecular weight excluding hydrogens is 276 g/mol. The lowest BCUT2D eigenvalue weighted by atomic mass is 10.0. The fourth-order valence-corrected chi connectivity index (χ4v) is 2.12. The van der Waals surface area contributed by atoms with Gasteiger partial charge in [0.2, 0.25) is 0 Å². The maximum Gasteiger partial charge on any atom is 0.165 e. The van der Waals surface area contributed by atoms with Crippen LogP contribution in [0, 0.1) is 5.92 Å². The highest BCUT2D eigenvalue weighted by molar-refractivity contribution is 5.97. The minimum Gasteiger partial charge on any atom is -0.494 e. The average molecular weight is 306 g/mol. The monoisotopic (exact) mass is 306 g/mol.